The summed E-state index contributed by atoms with van der Waals surface area (Å²) in [6, 6.07) is 8.59. The molecule has 9 nitrogen and oxygen atoms in total. The van der Waals surface area contributed by atoms with Crippen LogP contribution in [-0.4, -0.2) is 54.3 Å². The molecule has 1 N–H and O–H groups in total. The molecular weight excluding hydrogens is 344 g/mol. The van der Waals surface area contributed by atoms with Crippen LogP contribution in [-0.2, 0) is 11.2 Å². The Bertz CT molecular complexity index is 958. The van der Waals surface area contributed by atoms with Crippen LogP contribution in [0.2, 0.25) is 0 Å². The van der Waals surface area contributed by atoms with Crippen molar-refractivity contribution in [3.63, 3.8) is 0 Å². The molecule has 1 amide bonds. The Morgan fingerprint density at radius 2 is 2.07 bits per heavy atom. The van der Waals surface area contributed by atoms with Gasteiger partial charge in [0.05, 0.1) is 12.1 Å². The first-order valence-corrected chi connectivity index (χ1v) is 9.30. The highest BCUT2D eigenvalue weighted by Crippen LogP contribution is 2.40. The van der Waals surface area contributed by atoms with Crippen molar-refractivity contribution in [1.29, 1.82) is 0 Å². The van der Waals surface area contributed by atoms with Crippen LogP contribution in [0.4, 0.5) is 5.82 Å². The maximum absolute atomic E-state index is 12.4. The van der Waals surface area contributed by atoms with E-state index in [0.717, 1.165) is 37.1 Å². The fraction of sp³-hybridized carbons (Fsp3) is 0.444. The predicted molar refractivity (Wildman–Crippen MR) is 97.0 cm³/mol. The van der Waals surface area contributed by atoms with Crippen molar-refractivity contribution in [3.05, 3.63) is 42.2 Å². The molecule has 9 heteroatoms. The third kappa shape index (κ3) is 2.98. The second kappa shape index (κ2) is 6.57. The second-order valence-electron chi connectivity index (χ2n) is 7.19. The lowest BCUT2D eigenvalue weighted by molar-refractivity contribution is -0.121. The molecule has 3 atom stereocenters. The average molecular weight is 364 g/mol. The van der Waals surface area contributed by atoms with Gasteiger partial charge in [0, 0.05) is 24.9 Å². The Morgan fingerprint density at radius 1 is 1.19 bits per heavy atom. The van der Waals surface area contributed by atoms with Gasteiger partial charge in [-0.1, -0.05) is 0 Å². The van der Waals surface area contributed by atoms with Crippen molar-refractivity contribution in [3.8, 4) is 0 Å². The molecule has 0 unspecified atom stereocenters. The van der Waals surface area contributed by atoms with Crippen molar-refractivity contribution in [2.24, 2.45) is 0 Å². The van der Waals surface area contributed by atoms with Crippen molar-refractivity contribution in [2.75, 3.05) is 4.90 Å². The summed E-state index contributed by atoms with van der Waals surface area (Å²) in [7, 11) is 0. The van der Waals surface area contributed by atoms with E-state index in [4.69, 9.17) is 0 Å². The zero-order valence-electron chi connectivity index (χ0n) is 14.8. The van der Waals surface area contributed by atoms with Crippen LogP contribution in [0.5, 0.6) is 0 Å². The van der Waals surface area contributed by atoms with Gasteiger partial charge in [-0.3, -0.25) is 9.78 Å². The average Bonchev–Trinajstić information content (AvgIpc) is 3.40. The quantitative estimate of drug-likeness (QED) is 0.713. The van der Waals surface area contributed by atoms with Gasteiger partial charge < -0.3 is 10.2 Å². The SMILES string of the molecule is O=C(CCc1ccncc1)N[C@@H]1C[C@H]2CC[C@@H]1N2c1ccc2nnnn2n1. The maximum atomic E-state index is 12.4. The summed E-state index contributed by atoms with van der Waals surface area (Å²) < 4.78 is 1.45. The summed E-state index contributed by atoms with van der Waals surface area (Å²) in [6.45, 7) is 0. The molecule has 5 heterocycles. The molecule has 0 radical (unpaired) electrons. The Hall–Kier alpha value is -3.10. The van der Waals surface area contributed by atoms with Gasteiger partial charge in [0.25, 0.3) is 0 Å². The summed E-state index contributed by atoms with van der Waals surface area (Å²) in [5.74, 6) is 0.976. The van der Waals surface area contributed by atoms with Crippen molar-refractivity contribution >= 4 is 17.4 Å². The van der Waals surface area contributed by atoms with Crippen molar-refractivity contribution < 1.29 is 4.79 Å². The molecular formula is C18H20N8O. The predicted octanol–water partition coefficient (Wildman–Crippen LogP) is 0.773. The number of anilines is 1. The molecule has 0 spiro atoms. The first-order chi connectivity index (χ1) is 13.3. The van der Waals surface area contributed by atoms with E-state index < -0.39 is 0 Å². The topological polar surface area (TPSA) is 101 Å². The smallest absolute Gasteiger partial charge is 0.220 e. The summed E-state index contributed by atoms with van der Waals surface area (Å²) in [5, 5.41) is 19.2. The number of hydrogen-bond donors (Lipinski definition) is 1. The van der Waals surface area contributed by atoms with Gasteiger partial charge in [-0.2, -0.15) is 0 Å². The van der Waals surface area contributed by atoms with Gasteiger partial charge in [0.15, 0.2) is 11.5 Å². The fourth-order valence-corrected chi connectivity index (χ4v) is 4.37. The first-order valence-electron chi connectivity index (χ1n) is 9.30. The van der Waals surface area contributed by atoms with E-state index >= 15 is 0 Å². The van der Waals surface area contributed by atoms with Gasteiger partial charge >= 0.3 is 0 Å². The number of rotatable bonds is 5. The Morgan fingerprint density at radius 3 is 2.96 bits per heavy atom. The van der Waals surface area contributed by atoms with E-state index in [1.165, 1.54) is 4.63 Å². The normalized spacial score (nSPS) is 23.9. The zero-order chi connectivity index (χ0) is 18.2. The third-order valence-corrected chi connectivity index (χ3v) is 5.59. The minimum atomic E-state index is 0.105. The standard InChI is InChI=1S/C18H20N8O/c27-18(6-1-12-7-9-19-10-8-12)20-14-11-13-2-3-15(14)25(13)17-5-4-16-21-23-24-26(16)22-17/h4-5,7-10,13-15H,1-3,6,11H2,(H,20,27)/t13-,14-,15+/m1/s1. The molecule has 2 fully saturated rings. The third-order valence-electron chi connectivity index (χ3n) is 5.59. The van der Waals surface area contributed by atoms with E-state index in [2.05, 4.69) is 35.8 Å². The highest BCUT2D eigenvalue weighted by Gasteiger charge is 2.47. The van der Waals surface area contributed by atoms with Gasteiger partial charge in [-0.15, -0.1) is 14.8 Å². The van der Waals surface area contributed by atoms with E-state index in [1.54, 1.807) is 12.4 Å². The molecule has 0 aromatic carbocycles. The second-order valence-corrected chi connectivity index (χ2v) is 7.19. The monoisotopic (exact) mass is 364 g/mol. The van der Waals surface area contributed by atoms with Crippen molar-refractivity contribution in [2.45, 2.75) is 50.2 Å². The zero-order valence-corrected chi connectivity index (χ0v) is 14.8. The molecule has 0 aliphatic carbocycles. The number of nitrogens with one attached hydrogen (secondary N) is 1. The number of carbonyl (C=O) groups is 1. The van der Waals surface area contributed by atoms with Gasteiger partial charge in [-0.05, 0) is 65.9 Å². The molecule has 3 aromatic rings. The van der Waals surface area contributed by atoms with Crippen LogP contribution in [0, 0.1) is 0 Å². The Balaban J connectivity index is 1.25. The largest absolute Gasteiger partial charge is 0.351 e. The molecule has 2 aliphatic rings. The summed E-state index contributed by atoms with van der Waals surface area (Å²) in [4.78, 5) is 18.8. The van der Waals surface area contributed by atoms with Crippen LogP contribution in [0.15, 0.2) is 36.7 Å². The first kappa shape index (κ1) is 16.1. The molecule has 2 saturated heterocycles. The summed E-state index contributed by atoms with van der Waals surface area (Å²) in [5.41, 5.74) is 1.76. The number of fused-ring (bicyclic) bond motifs is 3. The van der Waals surface area contributed by atoms with Crippen molar-refractivity contribution in [1.82, 2.24) is 35.6 Å². The Kier molecular flexibility index (Phi) is 3.92. The molecule has 2 bridgehead atoms. The number of carbonyl (C=O) groups excluding carboxylic acids is 1. The summed E-state index contributed by atoms with van der Waals surface area (Å²) >= 11 is 0. The number of aryl methyl sites for hydroxylation is 1. The van der Waals surface area contributed by atoms with Crippen LogP contribution >= 0.6 is 0 Å². The molecule has 2 aliphatic heterocycles. The molecule has 27 heavy (non-hydrogen) atoms. The van der Waals surface area contributed by atoms with Crippen LogP contribution in [0.1, 0.15) is 31.2 Å². The van der Waals surface area contributed by atoms with E-state index in [-0.39, 0.29) is 18.0 Å². The highest BCUT2D eigenvalue weighted by atomic mass is 16.1. The minimum Gasteiger partial charge on any atom is -0.351 e. The highest BCUT2D eigenvalue weighted by molar-refractivity contribution is 5.77. The molecule has 0 saturated carbocycles. The number of nitrogens with zero attached hydrogens (tertiary/aromatic N) is 7. The number of pyridine rings is 1. The van der Waals surface area contributed by atoms with E-state index in [9.17, 15) is 4.79 Å². The van der Waals surface area contributed by atoms with Crippen LogP contribution < -0.4 is 10.2 Å². The van der Waals surface area contributed by atoms with E-state index in [1.807, 2.05) is 24.3 Å². The maximum Gasteiger partial charge on any atom is 0.220 e. The van der Waals surface area contributed by atoms with Gasteiger partial charge in [-0.25, -0.2) is 0 Å². The molecule has 3 aromatic heterocycles. The van der Waals surface area contributed by atoms with Crippen LogP contribution in [0.25, 0.3) is 5.65 Å². The number of hydrogen-bond acceptors (Lipinski definition) is 7. The lowest BCUT2D eigenvalue weighted by Crippen LogP contribution is -2.44. The molecule has 138 valence electrons. The van der Waals surface area contributed by atoms with Gasteiger partial charge in [0.2, 0.25) is 5.91 Å². The lowest BCUT2D eigenvalue weighted by atomic mass is 9.95. The van der Waals surface area contributed by atoms with E-state index in [0.29, 0.717) is 18.1 Å². The minimum absolute atomic E-state index is 0.105. The number of tetrazole rings is 1. The number of amides is 1. The summed E-state index contributed by atoms with van der Waals surface area (Å²) in [6.07, 6.45) is 7.90. The Labute approximate surface area is 155 Å². The molecule has 5 rings (SSSR count). The van der Waals surface area contributed by atoms with Crippen LogP contribution in [0.3, 0.4) is 0 Å². The number of aromatic nitrogens is 6. The van der Waals surface area contributed by atoms with Gasteiger partial charge in [0.1, 0.15) is 0 Å². The lowest BCUT2D eigenvalue weighted by Gasteiger charge is -2.25. The fourth-order valence-electron chi connectivity index (χ4n) is 4.37.